The Morgan fingerprint density at radius 3 is 2.29 bits per heavy atom. The number of rotatable bonds is 0. The first-order valence-electron chi connectivity index (χ1n) is 2.72. The summed E-state index contributed by atoms with van der Waals surface area (Å²) in [5.41, 5.74) is 0. The van der Waals surface area contributed by atoms with Gasteiger partial charge in [0.05, 0.1) is 6.07 Å². The van der Waals surface area contributed by atoms with Crippen molar-refractivity contribution < 1.29 is 0 Å². The van der Waals surface area contributed by atoms with Gasteiger partial charge in [0.2, 0.25) is 0 Å². The average Bonchev–Trinajstić information content (AvgIpc) is 1.58. The van der Waals surface area contributed by atoms with Gasteiger partial charge in [0.25, 0.3) is 0 Å². The monoisotopic (exact) mass is 95.1 g/mol. The SMILES string of the molecule is C[C@H]1C[C@H](C#N)C1. The lowest BCUT2D eigenvalue weighted by molar-refractivity contribution is 0.270. The highest BCUT2D eigenvalue weighted by Gasteiger charge is 2.24. The van der Waals surface area contributed by atoms with Gasteiger partial charge >= 0.3 is 0 Å². The van der Waals surface area contributed by atoms with Crippen LogP contribution in [0, 0.1) is 23.2 Å². The number of hydrogen-bond donors (Lipinski definition) is 0. The van der Waals surface area contributed by atoms with Crippen LogP contribution in [-0.4, -0.2) is 0 Å². The highest BCUT2D eigenvalue weighted by Crippen LogP contribution is 2.31. The molecule has 1 rings (SSSR count). The van der Waals surface area contributed by atoms with Crippen molar-refractivity contribution in [1.29, 1.82) is 5.26 Å². The average molecular weight is 95.1 g/mol. The summed E-state index contributed by atoms with van der Waals surface area (Å²) in [4.78, 5) is 0. The van der Waals surface area contributed by atoms with Gasteiger partial charge < -0.3 is 0 Å². The molecule has 0 aromatic rings. The third-order valence-electron chi connectivity index (χ3n) is 1.56. The van der Waals surface area contributed by atoms with Crippen LogP contribution in [0.2, 0.25) is 0 Å². The lowest BCUT2D eigenvalue weighted by atomic mass is 9.77. The molecule has 1 nitrogen and oxygen atoms in total. The lowest BCUT2D eigenvalue weighted by Crippen LogP contribution is -2.18. The van der Waals surface area contributed by atoms with E-state index in [1.165, 1.54) is 0 Å². The van der Waals surface area contributed by atoms with Crippen LogP contribution in [0.15, 0.2) is 0 Å². The van der Waals surface area contributed by atoms with Gasteiger partial charge in [0, 0.05) is 5.92 Å². The topological polar surface area (TPSA) is 23.8 Å². The molecule has 1 saturated carbocycles. The Bertz CT molecular complexity index is 95.2. The summed E-state index contributed by atoms with van der Waals surface area (Å²) in [5, 5.41) is 8.25. The second-order valence-corrected chi connectivity index (χ2v) is 2.40. The van der Waals surface area contributed by atoms with Crippen molar-refractivity contribution >= 4 is 0 Å². The van der Waals surface area contributed by atoms with Crippen LogP contribution >= 0.6 is 0 Å². The van der Waals surface area contributed by atoms with Crippen LogP contribution < -0.4 is 0 Å². The van der Waals surface area contributed by atoms with E-state index in [4.69, 9.17) is 5.26 Å². The maximum absolute atomic E-state index is 8.25. The molecule has 7 heavy (non-hydrogen) atoms. The Hall–Kier alpha value is -0.510. The Morgan fingerprint density at radius 2 is 2.14 bits per heavy atom. The maximum atomic E-state index is 8.25. The summed E-state index contributed by atoms with van der Waals surface area (Å²) in [6, 6.07) is 2.23. The Kier molecular flexibility index (Phi) is 1.02. The van der Waals surface area contributed by atoms with E-state index in [9.17, 15) is 0 Å². The van der Waals surface area contributed by atoms with Crippen LogP contribution in [0.25, 0.3) is 0 Å². The molecular weight excluding hydrogens is 86.1 g/mol. The molecule has 1 aliphatic carbocycles. The second kappa shape index (κ2) is 1.54. The minimum absolute atomic E-state index is 0.398. The highest BCUT2D eigenvalue weighted by atomic mass is 14.3. The van der Waals surface area contributed by atoms with E-state index in [2.05, 4.69) is 13.0 Å². The lowest BCUT2D eigenvalue weighted by Gasteiger charge is -2.26. The molecule has 0 amide bonds. The molecule has 1 fully saturated rings. The number of hydrogen-bond acceptors (Lipinski definition) is 1. The van der Waals surface area contributed by atoms with Crippen LogP contribution in [0.4, 0.5) is 0 Å². The van der Waals surface area contributed by atoms with Crippen molar-refractivity contribution in [2.24, 2.45) is 11.8 Å². The molecule has 0 radical (unpaired) electrons. The number of nitrogens with zero attached hydrogens (tertiary/aromatic N) is 1. The van der Waals surface area contributed by atoms with Crippen molar-refractivity contribution in [2.45, 2.75) is 19.8 Å². The molecule has 0 aromatic heterocycles. The van der Waals surface area contributed by atoms with Gasteiger partial charge in [0.15, 0.2) is 0 Å². The molecular formula is C6H9N. The standard InChI is InChI=1S/C6H9N/c1-5-2-6(3-5)4-7/h5-6H,2-3H2,1H3/t5-,6-. The largest absolute Gasteiger partial charge is 0.198 e. The van der Waals surface area contributed by atoms with Crippen LogP contribution in [0.3, 0.4) is 0 Å². The summed E-state index contributed by atoms with van der Waals surface area (Å²) in [7, 11) is 0. The van der Waals surface area contributed by atoms with E-state index in [-0.39, 0.29) is 0 Å². The van der Waals surface area contributed by atoms with Gasteiger partial charge in [0.1, 0.15) is 0 Å². The maximum Gasteiger partial charge on any atom is 0.0655 e. The van der Waals surface area contributed by atoms with Crippen molar-refractivity contribution in [3.05, 3.63) is 0 Å². The van der Waals surface area contributed by atoms with Crippen molar-refractivity contribution in [3.8, 4) is 6.07 Å². The van der Waals surface area contributed by atoms with E-state index < -0.39 is 0 Å². The fraction of sp³-hybridized carbons (Fsp3) is 0.833. The Labute approximate surface area is 44.0 Å². The molecule has 38 valence electrons. The molecule has 0 bridgehead atoms. The van der Waals surface area contributed by atoms with Crippen LogP contribution in [0.5, 0.6) is 0 Å². The fourth-order valence-corrected chi connectivity index (χ4v) is 1.01. The third-order valence-corrected chi connectivity index (χ3v) is 1.56. The summed E-state index contributed by atoms with van der Waals surface area (Å²) in [6.07, 6.45) is 2.27. The molecule has 0 heterocycles. The third kappa shape index (κ3) is 0.742. The van der Waals surface area contributed by atoms with E-state index >= 15 is 0 Å². The van der Waals surface area contributed by atoms with Gasteiger partial charge in [-0.3, -0.25) is 0 Å². The quantitative estimate of drug-likeness (QED) is 0.448. The van der Waals surface area contributed by atoms with E-state index in [1.54, 1.807) is 0 Å². The second-order valence-electron chi connectivity index (χ2n) is 2.40. The summed E-state index contributed by atoms with van der Waals surface area (Å²) < 4.78 is 0. The summed E-state index contributed by atoms with van der Waals surface area (Å²) in [5.74, 6) is 1.22. The first-order valence-corrected chi connectivity index (χ1v) is 2.72. The van der Waals surface area contributed by atoms with Crippen molar-refractivity contribution in [3.63, 3.8) is 0 Å². The molecule has 1 heteroatoms. The summed E-state index contributed by atoms with van der Waals surface area (Å²) >= 11 is 0. The van der Waals surface area contributed by atoms with Crippen molar-refractivity contribution in [2.75, 3.05) is 0 Å². The predicted octanol–water partition coefficient (Wildman–Crippen LogP) is 1.56. The van der Waals surface area contributed by atoms with Gasteiger partial charge in [-0.1, -0.05) is 6.92 Å². The Balaban J connectivity index is 2.21. The van der Waals surface area contributed by atoms with E-state index in [1.807, 2.05) is 0 Å². The molecule has 0 N–H and O–H groups in total. The fourth-order valence-electron chi connectivity index (χ4n) is 1.01. The smallest absolute Gasteiger partial charge is 0.0655 e. The zero-order valence-electron chi connectivity index (χ0n) is 4.52. The molecule has 0 spiro atoms. The first-order chi connectivity index (χ1) is 3.33. The molecule has 1 aliphatic rings. The predicted molar refractivity (Wildman–Crippen MR) is 27.5 cm³/mol. The van der Waals surface area contributed by atoms with Crippen molar-refractivity contribution in [1.82, 2.24) is 0 Å². The first kappa shape index (κ1) is 4.64. The molecule has 0 saturated heterocycles. The van der Waals surface area contributed by atoms with Gasteiger partial charge in [-0.25, -0.2) is 0 Å². The van der Waals surface area contributed by atoms with Gasteiger partial charge in [-0.05, 0) is 18.8 Å². The molecule has 0 aliphatic heterocycles. The zero-order chi connectivity index (χ0) is 5.28. The summed E-state index contributed by atoms with van der Waals surface area (Å²) in [6.45, 7) is 2.19. The number of nitriles is 1. The molecule has 0 unspecified atom stereocenters. The Morgan fingerprint density at radius 1 is 1.57 bits per heavy atom. The minimum Gasteiger partial charge on any atom is -0.198 e. The van der Waals surface area contributed by atoms with Gasteiger partial charge in [-0.15, -0.1) is 0 Å². The van der Waals surface area contributed by atoms with E-state index in [0.717, 1.165) is 18.8 Å². The van der Waals surface area contributed by atoms with Crippen LogP contribution in [-0.2, 0) is 0 Å². The minimum atomic E-state index is 0.398. The molecule has 0 aromatic carbocycles. The van der Waals surface area contributed by atoms with E-state index in [0.29, 0.717) is 5.92 Å². The molecule has 0 atom stereocenters. The zero-order valence-corrected chi connectivity index (χ0v) is 4.52. The normalized spacial score (nSPS) is 38.9. The van der Waals surface area contributed by atoms with Crippen LogP contribution in [0.1, 0.15) is 19.8 Å². The highest BCUT2D eigenvalue weighted by molar-refractivity contribution is 4.91. The van der Waals surface area contributed by atoms with Gasteiger partial charge in [-0.2, -0.15) is 5.26 Å².